The fraction of sp³-hybridized carbons (Fsp3) is 0.222. The summed E-state index contributed by atoms with van der Waals surface area (Å²) in [6, 6.07) is 14.6. The number of carbonyl (C=O) groups excluding carboxylic acids is 1. The summed E-state index contributed by atoms with van der Waals surface area (Å²) in [5.41, 5.74) is 0.769. The number of ether oxygens (including phenoxy) is 1. The molecule has 0 aliphatic heterocycles. The molecule has 0 spiro atoms. The van der Waals surface area contributed by atoms with Crippen molar-refractivity contribution in [2.45, 2.75) is 18.8 Å². The summed E-state index contributed by atoms with van der Waals surface area (Å²) in [4.78, 5) is 12.4. The van der Waals surface area contributed by atoms with Gasteiger partial charge in [0.1, 0.15) is 11.8 Å². The van der Waals surface area contributed by atoms with Crippen LogP contribution in [0.25, 0.3) is 0 Å². The Balaban J connectivity index is 2.40. The Bertz CT molecular complexity index is 753. The van der Waals surface area contributed by atoms with E-state index >= 15 is 0 Å². The Morgan fingerprint density at radius 1 is 1.16 bits per heavy atom. The van der Waals surface area contributed by atoms with E-state index in [0.29, 0.717) is 16.2 Å². The SMILES string of the molecule is COc1ccc(C(C#N)N(Cc2ccccc2)C(=O)C(F)(F)F)cc1. The van der Waals surface area contributed by atoms with Crippen LogP contribution in [0.2, 0.25) is 0 Å². The topological polar surface area (TPSA) is 53.3 Å². The van der Waals surface area contributed by atoms with E-state index < -0.39 is 18.1 Å². The summed E-state index contributed by atoms with van der Waals surface area (Å²) in [7, 11) is 1.45. The third-order valence-corrected chi connectivity index (χ3v) is 3.56. The average molecular weight is 348 g/mol. The van der Waals surface area contributed by atoms with Gasteiger partial charge in [-0.05, 0) is 23.3 Å². The standard InChI is InChI=1S/C18H15F3N2O2/c1-25-15-9-7-14(8-10-15)16(11-22)23(17(24)18(19,20)21)12-13-5-3-2-4-6-13/h2-10,16H,12H2,1H3. The lowest BCUT2D eigenvalue weighted by Crippen LogP contribution is -2.42. The summed E-state index contributed by atoms with van der Waals surface area (Å²) in [5.74, 6) is -1.56. The molecule has 4 nitrogen and oxygen atoms in total. The molecule has 0 bridgehead atoms. The first-order valence-corrected chi connectivity index (χ1v) is 7.32. The molecule has 2 aromatic carbocycles. The van der Waals surface area contributed by atoms with E-state index in [1.807, 2.05) is 0 Å². The number of nitrogens with zero attached hydrogens (tertiary/aromatic N) is 2. The van der Waals surface area contributed by atoms with Crippen molar-refractivity contribution in [3.05, 3.63) is 65.7 Å². The summed E-state index contributed by atoms with van der Waals surface area (Å²) in [6.07, 6.45) is -5.07. The van der Waals surface area contributed by atoms with Crippen molar-refractivity contribution in [3.8, 4) is 11.8 Å². The van der Waals surface area contributed by atoms with Gasteiger partial charge in [0.15, 0.2) is 0 Å². The van der Waals surface area contributed by atoms with Gasteiger partial charge >= 0.3 is 12.1 Å². The molecule has 0 aliphatic carbocycles. The fourth-order valence-electron chi connectivity index (χ4n) is 2.33. The van der Waals surface area contributed by atoms with Gasteiger partial charge in [0.25, 0.3) is 0 Å². The van der Waals surface area contributed by atoms with E-state index in [1.54, 1.807) is 36.4 Å². The smallest absolute Gasteiger partial charge is 0.471 e. The van der Waals surface area contributed by atoms with Gasteiger partial charge in [-0.1, -0.05) is 42.5 Å². The van der Waals surface area contributed by atoms with Crippen molar-refractivity contribution >= 4 is 5.91 Å². The number of methoxy groups -OCH3 is 1. The van der Waals surface area contributed by atoms with Gasteiger partial charge < -0.3 is 9.64 Å². The van der Waals surface area contributed by atoms with E-state index in [-0.39, 0.29) is 12.1 Å². The number of amides is 1. The van der Waals surface area contributed by atoms with E-state index in [0.717, 1.165) is 0 Å². The zero-order chi connectivity index (χ0) is 18.4. The molecule has 0 fully saturated rings. The molecule has 0 saturated carbocycles. The lowest BCUT2D eigenvalue weighted by Gasteiger charge is -2.28. The van der Waals surface area contributed by atoms with Crippen LogP contribution in [-0.2, 0) is 11.3 Å². The van der Waals surface area contributed by atoms with Crippen LogP contribution in [-0.4, -0.2) is 24.1 Å². The zero-order valence-electron chi connectivity index (χ0n) is 13.3. The van der Waals surface area contributed by atoms with Crippen molar-refractivity contribution in [3.63, 3.8) is 0 Å². The Labute approximate surface area is 143 Å². The van der Waals surface area contributed by atoms with Crippen LogP contribution in [0.3, 0.4) is 0 Å². The second kappa shape index (κ2) is 7.71. The summed E-state index contributed by atoms with van der Waals surface area (Å²) in [5, 5.41) is 9.43. The monoisotopic (exact) mass is 348 g/mol. The average Bonchev–Trinajstić information content (AvgIpc) is 2.61. The van der Waals surface area contributed by atoms with Crippen molar-refractivity contribution in [2.75, 3.05) is 7.11 Å². The van der Waals surface area contributed by atoms with Crippen LogP contribution < -0.4 is 4.74 Å². The van der Waals surface area contributed by atoms with Crippen molar-refractivity contribution < 1.29 is 22.7 Å². The maximum Gasteiger partial charge on any atom is 0.471 e. The van der Waals surface area contributed by atoms with Crippen molar-refractivity contribution in [1.82, 2.24) is 4.90 Å². The minimum absolute atomic E-state index is 0.275. The normalized spacial score (nSPS) is 12.1. The van der Waals surface area contributed by atoms with Crippen LogP contribution in [0.5, 0.6) is 5.75 Å². The Hall–Kier alpha value is -3.01. The van der Waals surface area contributed by atoms with Gasteiger partial charge in [-0.2, -0.15) is 18.4 Å². The quantitative estimate of drug-likeness (QED) is 0.825. The van der Waals surface area contributed by atoms with E-state index in [2.05, 4.69) is 0 Å². The van der Waals surface area contributed by atoms with Gasteiger partial charge in [-0.3, -0.25) is 4.79 Å². The second-order valence-electron chi connectivity index (χ2n) is 5.22. The summed E-state index contributed by atoms with van der Waals surface area (Å²) < 4.78 is 44.0. The van der Waals surface area contributed by atoms with E-state index in [1.165, 1.54) is 31.4 Å². The molecular formula is C18H15F3N2O2. The van der Waals surface area contributed by atoms with Gasteiger partial charge in [0, 0.05) is 6.54 Å². The van der Waals surface area contributed by atoms with Crippen molar-refractivity contribution in [2.24, 2.45) is 0 Å². The van der Waals surface area contributed by atoms with E-state index in [9.17, 15) is 23.2 Å². The molecule has 0 aliphatic rings. The zero-order valence-corrected chi connectivity index (χ0v) is 13.3. The molecular weight excluding hydrogens is 333 g/mol. The minimum Gasteiger partial charge on any atom is -0.497 e. The van der Waals surface area contributed by atoms with E-state index in [4.69, 9.17) is 4.74 Å². The van der Waals surface area contributed by atoms with Crippen LogP contribution in [0, 0.1) is 11.3 Å². The molecule has 2 rings (SSSR count). The largest absolute Gasteiger partial charge is 0.497 e. The first-order chi connectivity index (χ1) is 11.9. The van der Waals surface area contributed by atoms with Crippen LogP contribution >= 0.6 is 0 Å². The number of hydrogen-bond donors (Lipinski definition) is 0. The Morgan fingerprint density at radius 3 is 2.24 bits per heavy atom. The summed E-state index contributed by atoms with van der Waals surface area (Å²) in [6.45, 7) is -0.330. The van der Waals surface area contributed by atoms with Crippen LogP contribution in [0.15, 0.2) is 54.6 Å². The number of rotatable bonds is 5. The molecule has 130 valence electrons. The third kappa shape index (κ3) is 4.51. The maximum atomic E-state index is 13.0. The third-order valence-electron chi connectivity index (χ3n) is 3.56. The minimum atomic E-state index is -5.07. The Morgan fingerprint density at radius 2 is 1.76 bits per heavy atom. The molecule has 1 unspecified atom stereocenters. The van der Waals surface area contributed by atoms with Gasteiger partial charge in [-0.25, -0.2) is 0 Å². The molecule has 0 N–H and O–H groups in total. The first-order valence-electron chi connectivity index (χ1n) is 7.32. The lowest BCUT2D eigenvalue weighted by atomic mass is 10.0. The molecule has 0 aromatic heterocycles. The number of carbonyl (C=O) groups is 1. The fourth-order valence-corrected chi connectivity index (χ4v) is 2.33. The maximum absolute atomic E-state index is 13.0. The molecule has 0 heterocycles. The van der Waals surface area contributed by atoms with Gasteiger partial charge in [0.2, 0.25) is 0 Å². The predicted octanol–water partition coefficient (Wildman–Crippen LogP) is 3.85. The summed E-state index contributed by atoms with van der Waals surface area (Å²) >= 11 is 0. The first kappa shape index (κ1) is 18.3. The second-order valence-corrected chi connectivity index (χ2v) is 5.22. The van der Waals surface area contributed by atoms with Gasteiger partial charge in [-0.15, -0.1) is 0 Å². The number of halogens is 3. The molecule has 25 heavy (non-hydrogen) atoms. The molecule has 2 aromatic rings. The highest BCUT2D eigenvalue weighted by molar-refractivity contribution is 5.82. The Kier molecular flexibility index (Phi) is 5.65. The highest BCUT2D eigenvalue weighted by Crippen LogP contribution is 2.29. The number of benzene rings is 2. The molecule has 0 saturated heterocycles. The number of alkyl halides is 3. The molecule has 1 amide bonds. The highest BCUT2D eigenvalue weighted by Gasteiger charge is 2.45. The number of nitriles is 1. The predicted molar refractivity (Wildman–Crippen MR) is 84.4 cm³/mol. The molecule has 1 atom stereocenters. The van der Waals surface area contributed by atoms with Gasteiger partial charge in [0.05, 0.1) is 13.2 Å². The number of hydrogen-bond acceptors (Lipinski definition) is 3. The molecule has 7 heteroatoms. The van der Waals surface area contributed by atoms with Crippen molar-refractivity contribution in [1.29, 1.82) is 5.26 Å². The molecule has 0 radical (unpaired) electrons. The lowest BCUT2D eigenvalue weighted by molar-refractivity contribution is -0.187. The van der Waals surface area contributed by atoms with Crippen LogP contribution in [0.1, 0.15) is 17.2 Å². The van der Waals surface area contributed by atoms with Crippen LogP contribution in [0.4, 0.5) is 13.2 Å². The highest BCUT2D eigenvalue weighted by atomic mass is 19.4.